The summed E-state index contributed by atoms with van der Waals surface area (Å²) in [5.41, 5.74) is 1.16. The smallest absolute Gasteiger partial charge is 0.295 e. The Balaban J connectivity index is 2.16. The van der Waals surface area contributed by atoms with Crippen molar-refractivity contribution in [2.75, 3.05) is 18.8 Å². The first-order chi connectivity index (χ1) is 11.0. The Morgan fingerprint density at radius 2 is 2.48 bits per heavy atom. The van der Waals surface area contributed by atoms with Gasteiger partial charge in [-0.2, -0.15) is 0 Å². The van der Waals surface area contributed by atoms with Gasteiger partial charge in [-0.3, -0.25) is 10.1 Å². The van der Waals surface area contributed by atoms with Crippen LogP contribution in [0.15, 0.2) is 42.5 Å². The molecule has 8 heteroatoms. The summed E-state index contributed by atoms with van der Waals surface area (Å²) in [5, 5.41) is 15.2. The van der Waals surface area contributed by atoms with Crippen molar-refractivity contribution >= 4 is 23.4 Å². The number of thioether (sulfide) groups is 1. The lowest BCUT2D eigenvalue weighted by Gasteiger charge is -2.19. The van der Waals surface area contributed by atoms with Crippen LogP contribution >= 0.6 is 23.4 Å². The summed E-state index contributed by atoms with van der Waals surface area (Å²) in [6.45, 7) is 7.65. The Kier molecular flexibility index (Phi) is 6.29. The van der Waals surface area contributed by atoms with E-state index in [2.05, 4.69) is 16.9 Å². The number of nitrogens with zero attached hydrogens (tertiary/aromatic N) is 3. The minimum atomic E-state index is -0.302. The molecule has 1 aromatic rings. The van der Waals surface area contributed by atoms with Gasteiger partial charge in [0.2, 0.25) is 0 Å². The number of hydrogen-bond acceptors (Lipinski definition) is 6. The van der Waals surface area contributed by atoms with Crippen LogP contribution in [0.25, 0.3) is 0 Å². The van der Waals surface area contributed by atoms with Crippen LogP contribution in [0.1, 0.15) is 12.5 Å². The van der Waals surface area contributed by atoms with E-state index in [0.717, 1.165) is 12.1 Å². The molecule has 1 unspecified atom stereocenters. The molecule has 0 bridgehead atoms. The summed E-state index contributed by atoms with van der Waals surface area (Å²) in [7, 11) is 0. The topological polar surface area (TPSA) is 71.3 Å². The molecular weight excluding hydrogens is 336 g/mol. The van der Waals surface area contributed by atoms with Crippen molar-refractivity contribution in [1.82, 2.24) is 15.2 Å². The number of nitrogens with one attached hydrogen (secondary N) is 1. The van der Waals surface area contributed by atoms with Crippen LogP contribution < -0.4 is 5.32 Å². The number of nitro groups is 1. The number of aromatic nitrogens is 1. The molecule has 0 radical (unpaired) electrons. The Morgan fingerprint density at radius 3 is 3.09 bits per heavy atom. The van der Waals surface area contributed by atoms with E-state index in [9.17, 15) is 10.1 Å². The van der Waals surface area contributed by atoms with Crippen LogP contribution in [0.2, 0.25) is 5.15 Å². The molecule has 2 heterocycles. The first kappa shape index (κ1) is 17.6. The van der Waals surface area contributed by atoms with Crippen LogP contribution in [0.3, 0.4) is 0 Å². The summed E-state index contributed by atoms with van der Waals surface area (Å²) in [6.07, 6.45) is 3.48. The molecule has 0 spiro atoms. The molecule has 1 fully saturated rings. The van der Waals surface area contributed by atoms with E-state index in [1.54, 1.807) is 18.3 Å². The van der Waals surface area contributed by atoms with Gasteiger partial charge in [-0.1, -0.05) is 23.7 Å². The maximum absolute atomic E-state index is 11.4. The highest BCUT2D eigenvalue weighted by molar-refractivity contribution is 8.00. The van der Waals surface area contributed by atoms with E-state index in [1.807, 2.05) is 17.9 Å². The normalized spacial score (nSPS) is 17.6. The lowest BCUT2D eigenvalue weighted by Crippen LogP contribution is -2.25. The Morgan fingerprint density at radius 1 is 1.70 bits per heavy atom. The van der Waals surface area contributed by atoms with Gasteiger partial charge in [-0.05, 0) is 18.6 Å². The van der Waals surface area contributed by atoms with Crippen molar-refractivity contribution in [2.24, 2.45) is 0 Å². The molecule has 1 N–H and O–H groups in total. The quantitative estimate of drug-likeness (QED) is 0.351. The molecule has 0 saturated carbocycles. The van der Waals surface area contributed by atoms with Crippen LogP contribution in [0.4, 0.5) is 0 Å². The van der Waals surface area contributed by atoms with Crippen molar-refractivity contribution in [3.8, 4) is 0 Å². The van der Waals surface area contributed by atoms with E-state index < -0.39 is 0 Å². The maximum atomic E-state index is 11.4. The highest BCUT2D eigenvalue weighted by atomic mass is 35.5. The second kappa shape index (κ2) is 8.21. The molecule has 1 aliphatic heterocycles. The molecule has 124 valence electrons. The standard InChI is InChI=1S/C15H19ClN4O2S/c1-3-11(2)23-10-13(20(21)22)15-17-6-7-19(15)9-12-4-5-14(16)18-8-12/h3-5,8,11,17H,1,6-7,9-10H2,2H3/b15-13-. The van der Waals surface area contributed by atoms with Gasteiger partial charge in [0.05, 0.1) is 10.7 Å². The first-order valence-corrected chi connectivity index (χ1v) is 8.65. The van der Waals surface area contributed by atoms with E-state index >= 15 is 0 Å². The second-order valence-corrected chi connectivity index (χ2v) is 6.89. The highest BCUT2D eigenvalue weighted by Crippen LogP contribution is 2.22. The molecule has 0 aliphatic carbocycles. The third kappa shape index (κ3) is 4.87. The van der Waals surface area contributed by atoms with Gasteiger partial charge in [0.15, 0.2) is 5.82 Å². The summed E-state index contributed by atoms with van der Waals surface area (Å²) in [6, 6.07) is 3.60. The predicted octanol–water partition coefficient (Wildman–Crippen LogP) is 2.89. The van der Waals surface area contributed by atoms with E-state index in [4.69, 9.17) is 11.6 Å². The monoisotopic (exact) mass is 354 g/mol. The average molecular weight is 355 g/mol. The van der Waals surface area contributed by atoms with Crippen molar-refractivity contribution in [1.29, 1.82) is 0 Å². The van der Waals surface area contributed by atoms with E-state index in [-0.39, 0.29) is 15.9 Å². The summed E-state index contributed by atoms with van der Waals surface area (Å²) in [5.74, 6) is 0.923. The van der Waals surface area contributed by atoms with Gasteiger partial charge in [-0.25, -0.2) is 4.98 Å². The van der Waals surface area contributed by atoms with Crippen LogP contribution in [0, 0.1) is 10.1 Å². The largest absolute Gasteiger partial charge is 0.365 e. The Hall–Kier alpha value is -1.73. The van der Waals surface area contributed by atoms with Crippen LogP contribution in [-0.4, -0.2) is 38.9 Å². The lowest BCUT2D eigenvalue weighted by molar-refractivity contribution is -0.425. The Labute approximate surface area is 144 Å². The number of hydrogen-bond donors (Lipinski definition) is 1. The van der Waals surface area contributed by atoms with Crippen molar-refractivity contribution in [3.05, 3.63) is 63.3 Å². The molecular formula is C15H19ClN4O2S. The minimum absolute atomic E-state index is 0.167. The maximum Gasteiger partial charge on any atom is 0.295 e. The molecule has 1 aromatic heterocycles. The SMILES string of the molecule is C=CC(C)SC/C(=C1\NCCN1Cc1ccc(Cl)nc1)[N+](=O)[O-]. The van der Waals surface area contributed by atoms with Crippen molar-refractivity contribution in [2.45, 2.75) is 18.7 Å². The number of rotatable bonds is 7. The van der Waals surface area contributed by atoms with Gasteiger partial charge < -0.3 is 10.2 Å². The van der Waals surface area contributed by atoms with Crippen molar-refractivity contribution < 1.29 is 4.92 Å². The zero-order chi connectivity index (χ0) is 16.8. The fourth-order valence-corrected chi connectivity index (χ4v) is 3.09. The zero-order valence-electron chi connectivity index (χ0n) is 12.9. The minimum Gasteiger partial charge on any atom is -0.365 e. The zero-order valence-corrected chi connectivity index (χ0v) is 14.4. The average Bonchev–Trinajstić information content (AvgIpc) is 2.97. The number of pyridine rings is 1. The predicted molar refractivity (Wildman–Crippen MR) is 93.8 cm³/mol. The van der Waals surface area contributed by atoms with Crippen molar-refractivity contribution in [3.63, 3.8) is 0 Å². The second-order valence-electron chi connectivity index (χ2n) is 5.14. The van der Waals surface area contributed by atoms with Crippen LogP contribution in [-0.2, 0) is 6.54 Å². The molecule has 23 heavy (non-hydrogen) atoms. The molecule has 1 atom stereocenters. The summed E-state index contributed by atoms with van der Waals surface area (Å²) >= 11 is 7.28. The molecule has 0 aromatic carbocycles. The van der Waals surface area contributed by atoms with Gasteiger partial charge in [0.25, 0.3) is 5.70 Å². The third-order valence-electron chi connectivity index (χ3n) is 3.46. The van der Waals surface area contributed by atoms with Gasteiger partial charge in [0, 0.05) is 31.1 Å². The fourth-order valence-electron chi connectivity index (χ4n) is 2.18. The third-order valence-corrected chi connectivity index (χ3v) is 4.84. The van der Waals surface area contributed by atoms with Crippen LogP contribution in [0.5, 0.6) is 0 Å². The summed E-state index contributed by atoms with van der Waals surface area (Å²) < 4.78 is 0. The summed E-state index contributed by atoms with van der Waals surface area (Å²) in [4.78, 5) is 17.2. The Bertz CT molecular complexity index is 606. The fraction of sp³-hybridized carbons (Fsp3) is 0.400. The number of halogens is 1. The molecule has 1 saturated heterocycles. The molecule has 0 amide bonds. The molecule has 6 nitrogen and oxygen atoms in total. The lowest BCUT2D eigenvalue weighted by atomic mass is 10.2. The molecule has 1 aliphatic rings. The first-order valence-electron chi connectivity index (χ1n) is 7.22. The highest BCUT2D eigenvalue weighted by Gasteiger charge is 2.28. The molecule has 2 rings (SSSR count). The van der Waals surface area contributed by atoms with Gasteiger partial charge in [-0.15, -0.1) is 18.3 Å². The van der Waals surface area contributed by atoms with E-state index in [1.165, 1.54) is 11.8 Å². The van der Waals surface area contributed by atoms with Gasteiger partial charge >= 0.3 is 0 Å². The van der Waals surface area contributed by atoms with Gasteiger partial charge in [0.1, 0.15) is 5.15 Å². The van der Waals surface area contributed by atoms with E-state index in [0.29, 0.717) is 29.8 Å².